The molecule has 0 saturated carbocycles. The average Bonchev–Trinajstić information content (AvgIpc) is 2.54. The average molecular weight is 318 g/mol. The van der Waals surface area contributed by atoms with Gasteiger partial charge in [0.05, 0.1) is 11.1 Å². The van der Waals surface area contributed by atoms with E-state index in [0.717, 1.165) is 32.7 Å². The number of rotatable bonds is 4. The predicted molar refractivity (Wildman–Crippen MR) is 86.2 cm³/mol. The zero-order valence-electron chi connectivity index (χ0n) is 12.7. The van der Waals surface area contributed by atoms with E-state index in [1.807, 2.05) is 0 Å². The molecule has 2 heterocycles. The number of carbonyl (C=O) groups is 1. The summed E-state index contributed by atoms with van der Waals surface area (Å²) < 4.78 is 13.3. The van der Waals surface area contributed by atoms with Crippen LogP contribution < -0.4 is 16.2 Å². The molecule has 0 unspecified atom stereocenters. The second-order valence-electron chi connectivity index (χ2n) is 5.58. The molecule has 3 N–H and O–H groups in total. The first-order valence-electron chi connectivity index (χ1n) is 7.67. The van der Waals surface area contributed by atoms with Crippen molar-refractivity contribution in [3.05, 3.63) is 46.0 Å². The lowest BCUT2D eigenvalue weighted by molar-refractivity contribution is 0.0948. The van der Waals surface area contributed by atoms with Gasteiger partial charge in [-0.05, 0) is 18.2 Å². The van der Waals surface area contributed by atoms with Crippen LogP contribution in [0.1, 0.15) is 10.4 Å². The summed E-state index contributed by atoms with van der Waals surface area (Å²) in [5.74, 6) is -0.771. The maximum absolute atomic E-state index is 13.3. The van der Waals surface area contributed by atoms with Crippen LogP contribution in [-0.4, -0.2) is 55.1 Å². The molecule has 0 radical (unpaired) electrons. The van der Waals surface area contributed by atoms with Crippen molar-refractivity contribution in [1.29, 1.82) is 0 Å². The summed E-state index contributed by atoms with van der Waals surface area (Å²) in [6, 6.07) is 5.25. The van der Waals surface area contributed by atoms with Crippen LogP contribution in [0.3, 0.4) is 0 Å². The number of carbonyl (C=O) groups excluding carboxylic acids is 1. The number of amides is 1. The lowest BCUT2D eigenvalue weighted by Gasteiger charge is -2.27. The SMILES string of the molecule is O=C(NCCN1CCNCC1)c1cc(=O)[nH]c2cc(F)ccc12. The Morgan fingerprint density at radius 1 is 1.26 bits per heavy atom. The molecule has 1 amide bonds. The molecular formula is C16H19FN4O2. The van der Waals surface area contributed by atoms with Crippen molar-refractivity contribution < 1.29 is 9.18 Å². The highest BCUT2D eigenvalue weighted by Gasteiger charge is 2.13. The van der Waals surface area contributed by atoms with E-state index in [1.165, 1.54) is 24.3 Å². The number of benzene rings is 1. The van der Waals surface area contributed by atoms with Gasteiger partial charge >= 0.3 is 0 Å². The minimum Gasteiger partial charge on any atom is -0.351 e. The van der Waals surface area contributed by atoms with Crippen LogP contribution in [0, 0.1) is 5.82 Å². The minimum absolute atomic E-state index is 0.268. The standard InChI is InChI=1S/C16H19FN4O2/c17-11-1-2-12-13(10-15(22)20-14(12)9-11)16(23)19-5-8-21-6-3-18-4-7-21/h1-2,9-10,18H,3-8H2,(H,19,23)(H,20,22). The number of aromatic nitrogens is 1. The van der Waals surface area contributed by atoms with Crippen molar-refractivity contribution in [2.24, 2.45) is 0 Å². The lowest BCUT2D eigenvalue weighted by atomic mass is 10.1. The molecule has 23 heavy (non-hydrogen) atoms. The molecule has 2 aromatic rings. The highest BCUT2D eigenvalue weighted by atomic mass is 19.1. The van der Waals surface area contributed by atoms with Gasteiger partial charge in [0, 0.05) is 50.7 Å². The first kappa shape index (κ1) is 15.6. The molecule has 6 nitrogen and oxygen atoms in total. The summed E-state index contributed by atoms with van der Waals surface area (Å²) in [5, 5.41) is 6.64. The molecule has 1 aliphatic heterocycles. The van der Waals surface area contributed by atoms with Crippen LogP contribution in [0.25, 0.3) is 10.9 Å². The summed E-state index contributed by atoms with van der Waals surface area (Å²) in [7, 11) is 0. The van der Waals surface area contributed by atoms with Crippen LogP contribution >= 0.6 is 0 Å². The molecule has 1 aromatic heterocycles. The van der Waals surface area contributed by atoms with Crippen molar-refractivity contribution in [1.82, 2.24) is 20.5 Å². The number of nitrogens with zero attached hydrogens (tertiary/aromatic N) is 1. The van der Waals surface area contributed by atoms with Crippen LogP contribution in [-0.2, 0) is 0 Å². The number of hydrogen-bond donors (Lipinski definition) is 3. The van der Waals surface area contributed by atoms with Crippen LogP contribution in [0.4, 0.5) is 4.39 Å². The van der Waals surface area contributed by atoms with Gasteiger partial charge in [0.2, 0.25) is 5.56 Å². The van der Waals surface area contributed by atoms with Gasteiger partial charge in [-0.2, -0.15) is 0 Å². The van der Waals surface area contributed by atoms with E-state index in [1.54, 1.807) is 0 Å². The van der Waals surface area contributed by atoms with Crippen molar-refractivity contribution in [2.45, 2.75) is 0 Å². The Labute approximate surface area is 132 Å². The number of fused-ring (bicyclic) bond motifs is 1. The highest BCUT2D eigenvalue weighted by molar-refractivity contribution is 6.05. The first-order chi connectivity index (χ1) is 11.1. The van der Waals surface area contributed by atoms with Crippen molar-refractivity contribution in [3.63, 3.8) is 0 Å². The van der Waals surface area contributed by atoms with E-state index in [9.17, 15) is 14.0 Å². The molecular weight excluding hydrogens is 299 g/mol. The largest absolute Gasteiger partial charge is 0.351 e. The quantitative estimate of drug-likeness (QED) is 0.758. The highest BCUT2D eigenvalue weighted by Crippen LogP contribution is 2.16. The first-order valence-corrected chi connectivity index (χ1v) is 7.67. The van der Waals surface area contributed by atoms with Gasteiger partial charge in [0.1, 0.15) is 5.82 Å². The van der Waals surface area contributed by atoms with Gasteiger partial charge in [0.15, 0.2) is 0 Å². The number of pyridine rings is 1. The monoisotopic (exact) mass is 318 g/mol. The van der Waals surface area contributed by atoms with Crippen molar-refractivity contribution in [2.75, 3.05) is 39.3 Å². The Hall–Kier alpha value is -2.25. The summed E-state index contributed by atoms with van der Waals surface area (Å²) in [4.78, 5) is 28.8. The zero-order valence-corrected chi connectivity index (χ0v) is 12.7. The Kier molecular flexibility index (Phi) is 4.68. The normalized spacial score (nSPS) is 15.7. The van der Waals surface area contributed by atoms with Gasteiger partial charge in [-0.1, -0.05) is 0 Å². The lowest BCUT2D eigenvalue weighted by Crippen LogP contribution is -2.46. The molecule has 0 bridgehead atoms. The third kappa shape index (κ3) is 3.75. The van der Waals surface area contributed by atoms with E-state index in [0.29, 0.717) is 17.4 Å². The Bertz CT molecular complexity index is 768. The van der Waals surface area contributed by atoms with Gasteiger partial charge < -0.3 is 15.6 Å². The molecule has 122 valence electrons. The van der Waals surface area contributed by atoms with E-state index in [2.05, 4.69) is 20.5 Å². The van der Waals surface area contributed by atoms with E-state index in [-0.39, 0.29) is 11.5 Å². The van der Waals surface area contributed by atoms with Crippen LogP contribution in [0.5, 0.6) is 0 Å². The number of piperazine rings is 1. The maximum atomic E-state index is 13.3. The number of H-pyrrole nitrogens is 1. The van der Waals surface area contributed by atoms with E-state index < -0.39 is 11.4 Å². The Morgan fingerprint density at radius 3 is 2.83 bits per heavy atom. The second kappa shape index (κ2) is 6.89. The summed E-state index contributed by atoms with van der Waals surface area (Å²) in [5.41, 5.74) is 0.171. The molecule has 0 atom stereocenters. The number of halogens is 1. The maximum Gasteiger partial charge on any atom is 0.252 e. The fourth-order valence-electron chi connectivity index (χ4n) is 2.78. The van der Waals surface area contributed by atoms with Gasteiger partial charge in [-0.3, -0.25) is 14.5 Å². The second-order valence-corrected chi connectivity index (χ2v) is 5.58. The number of nitrogens with one attached hydrogen (secondary N) is 3. The molecule has 1 fully saturated rings. The predicted octanol–water partition coefficient (Wildman–Crippen LogP) is 0.302. The molecule has 0 aliphatic carbocycles. The number of hydrogen-bond acceptors (Lipinski definition) is 4. The zero-order chi connectivity index (χ0) is 16.2. The van der Waals surface area contributed by atoms with E-state index in [4.69, 9.17) is 0 Å². The van der Waals surface area contributed by atoms with Gasteiger partial charge in [-0.15, -0.1) is 0 Å². The molecule has 3 rings (SSSR count). The minimum atomic E-state index is -0.454. The van der Waals surface area contributed by atoms with Crippen molar-refractivity contribution in [3.8, 4) is 0 Å². The fourth-order valence-corrected chi connectivity index (χ4v) is 2.78. The summed E-state index contributed by atoms with van der Waals surface area (Å²) in [6.45, 7) is 5.11. The Balaban J connectivity index is 1.71. The van der Waals surface area contributed by atoms with Gasteiger partial charge in [-0.25, -0.2) is 4.39 Å². The molecule has 1 aliphatic rings. The fraction of sp³-hybridized carbons (Fsp3) is 0.375. The third-order valence-corrected chi connectivity index (χ3v) is 3.97. The molecule has 0 spiro atoms. The smallest absolute Gasteiger partial charge is 0.252 e. The third-order valence-electron chi connectivity index (χ3n) is 3.97. The van der Waals surface area contributed by atoms with Crippen LogP contribution in [0.2, 0.25) is 0 Å². The summed E-state index contributed by atoms with van der Waals surface area (Å²) >= 11 is 0. The van der Waals surface area contributed by atoms with E-state index >= 15 is 0 Å². The van der Waals surface area contributed by atoms with Crippen LogP contribution in [0.15, 0.2) is 29.1 Å². The molecule has 1 saturated heterocycles. The van der Waals surface area contributed by atoms with Gasteiger partial charge in [0.25, 0.3) is 5.91 Å². The number of aromatic amines is 1. The molecule has 1 aromatic carbocycles. The van der Waals surface area contributed by atoms with Crippen molar-refractivity contribution >= 4 is 16.8 Å². The summed E-state index contributed by atoms with van der Waals surface area (Å²) in [6.07, 6.45) is 0. The topological polar surface area (TPSA) is 77.2 Å². The molecule has 7 heteroatoms. The Morgan fingerprint density at radius 2 is 2.04 bits per heavy atom.